The van der Waals surface area contributed by atoms with Crippen molar-refractivity contribution in [3.05, 3.63) is 71.9 Å². The Kier molecular flexibility index (Phi) is 7.78. The van der Waals surface area contributed by atoms with Crippen molar-refractivity contribution in [3.8, 4) is 5.88 Å². The lowest BCUT2D eigenvalue weighted by atomic mass is 10.2. The molecule has 0 saturated heterocycles. The Morgan fingerprint density at radius 3 is 2.24 bits per heavy atom. The minimum absolute atomic E-state index is 0.105. The van der Waals surface area contributed by atoms with Crippen LogP contribution in [0.25, 0.3) is 0 Å². The monoisotopic (exact) mass is 495 g/mol. The van der Waals surface area contributed by atoms with Crippen molar-refractivity contribution in [2.75, 3.05) is 11.6 Å². The fourth-order valence-corrected chi connectivity index (χ4v) is 3.47. The van der Waals surface area contributed by atoms with Gasteiger partial charge in [0.05, 0.1) is 17.6 Å². The number of nitrogens with zero attached hydrogens (tertiary/aromatic N) is 2. The summed E-state index contributed by atoms with van der Waals surface area (Å²) in [5.74, 6) is -0.777. The minimum Gasteiger partial charge on any atom is -0.471 e. The number of ether oxygens (including phenoxy) is 2. The number of hydrogen-bond donors (Lipinski definition) is 1. The van der Waals surface area contributed by atoms with Gasteiger partial charge in [-0.15, -0.1) is 0 Å². The van der Waals surface area contributed by atoms with Crippen molar-refractivity contribution in [1.82, 2.24) is 9.97 Å². The summed E-state index contributed by atoms with van der Waals surface area (Å²) < 4.78 is 75.0. The molecule has 0 aliphatic carbocycles. The highest BCUT2D eigenvalue weighted by Crippen LogP contribution is 2.36. The third-order valence-corrected chi connectivity index (χ3v) is 6.04. The second kappa shape index (κ2) is 10.4. The van der Waals surface area contributed by atoms with Gasteiger partial charge in [0, 0.05) is 18.1 Å². The predicted molar refractivity (Wildman–Crippen MR) is 121 cm³/mol. The van der Waals surface area contributed by atoms with Gasteiger partial charge in [-0.05, 0) is 43.7 Å². The summed E-state index contributed by atoms with van der Waals surface area (Å²) in [5, 5.41) is 2.76. The molecule has 34 heavy (non-hydrogen) atoms. The summed E-state index contributed by atoms with van der Waals surface area (Å²) in [7, 11) is -3.38. The maximum Gasteiger partial charge on any atom is 0.423 e. The molecule has 0 bridgehead atoms. The highest BCUT2D eigenvalue weighted by molar-refractivity contribution is 7.90. The van der Waals surface area contributed by atoms with Crippen LogP contribution in [0.2, 0.25) is 0 Å². The molecule has 0 radical (unpaired) electrons. The van der Waals surface area contributed by atoms with E-state index in [1.165, 1.54) is 24.3 Å². The van der Waals surface area contributed by atoms with Crippen molar-refractivity contribution >= 4 is 21.5 Å². The number of anilines is 2. The first-order valence-electron chi connectivity index (χ1n) is 10.3. The van der Waals surface area contributed by atoms with Gasteiger partial charge >= 0.3 is 6.18 Å². The smallest absolute Gasteiger partial charge is 0.423 e. The van der Waals surface area contributed by atoms with Crippen molar-refractivity contribution in [1.29, 1.82) is 0 Å². The van der Waals surface area contributed by atoms with Crippen LogP contribution in [0.3, 0.4) is 0 Å². The molecule has 1 N–H and O–H groups in total. The Morgan fingerprint density at radius 1 is 1.00 bits per heavy atom. The van der Waals surface area contributed by atoms with Gasteiger partial charge < -0.3 is 14.8 Å². The van der Waals surface area contributed by atoms with Crippen LogP contribution in [0, 0.1) is 0 Å². The van der Waals surface area contributed by atoms with Gasteiger partial charge in [0.25, 0.3) is 0 Å². The Morgan fingerprint density at radius 2 is 1.65 bits per heavy atom. The third-order valence-electron chi connectivity index (χ3n) is 4.91. The molecule has 182 valence electrons. The number of benzene rings is 2. The van der Waals surface area contributed by atoms with Gasteiger partial charge in [-0.1, -0.05) is 30.3 Å². The molecule has 0 spiro atoms. The standard InChI is InChI=1S/C23H24F3N3O4S/c1-15(32-14-17-7-5-4-6-8-17)16(2)33-21-20(23(24,25)26)13-27-22(29-21)28-18-9-11-19(12-10-18)34(3,30)31/h4-13,15-16H,14H2,1-3H3,(H,27,28,29)/t15-,16-/m1/s1. The lowest BCUT2D eigenvalue weighted by molar-refractivity contribution is -0.140. The molecule has 1 heterocycles. The summed E-state index contributed by atoms with van der Waals surface area (Å²) in [6.45, 7) is 3.57. The summed E-state index contributed by atoms with van der Waals surface area (Å²) in [5.41, 5.74) is 0.200. The van der Waals surface area contributed by atoms with E-state index in [4.69, 9.17) is 9.47 Å². The lowest BCUT2D eigenvalue weighted by Crippen LogP contribution is -2.30. The van der Waals surface area contributed by atoms with Crippen LogP contribution in [0.4, 0.5) is 24.8 Å². The second-order valence-corrected chi connectivity index (χ2v) is 9.67. The molecular weight excluding hydrogens is 471 g/mol. The Bertz CT molecular complexity index is 1200. The fraction of sp³-hybridized carbons (Fsp3) is 0.304. The molecule has 1 aromatic heterocycles. The van der Waals surface area contributed by atoms with Crippen molar-refractivity contribution in [2.24, 2.45) is 0 Å². The van der Waals surface area contributed by atoms with E-state index in [0.717, 1.165) is 11.8 Å². The summed E-state index contributed by atoms with van der Waals surface area (Å²) in [6, 6.07) is 15.0. The maximum absolute atomic E-state index is 13.5. The minimum atomic E-state index is -4.72. The maximum atomic E-state index is 13.5. The van der Waals surface area contributed by atoms with Gasteiger partial charge in [-0.25, -0.2) is 13.4 Å². The van der Waals surface area contributed by atoms with Gasteiger partial charge in [-0.2, -0.15) is 18.2 Å². The van der Waals surface area contributed by atoms with Crippen LogP contribution in [-0.4, -0.2) is 36.8 Å². The Balaban J connectivity index is 1.76. The van der Waals surface area contributed by atoms with E-state index >= 15 is 0 Å². The highest BCUT2D eigenvalue weighted by Gasteiger charge is 2.37. The number of hydrogen-bond acceptors (Lipinski definition) is 7. The Hall–Kier alpha value is -3.18. The van der Waals surface area contributed by atoms with Crippen LogP contribution in [0.15, 0.2) is 65.7 Å². The van der Waals surface area contributed by atoms with Gasteiger partial charge in [0.15, 0.2) is 9.84 Å². The first-order chi connectivity index (χ1) is 15.9. The SMILES string of the molecule is C[C@@H](OCc1ccccc1)[C@@H](C)Oc1nc(Nc2ccc(S(C)(=O)=O)cc2)ncc1C(F)(F)F. The van der Waals surface area contributed by atoms with E-state index < -0.39 is 39.7 Å². The van der Waals surface area contributed by atoms with Gasteiger partial charge in [0.1, 0.15) is 11.7 Å². The molecule has 2 aromatic carbocycles. The first-order valence-corrected chi connectivity index (χ1v) is 12.2. The molecule has 7 nitrogen and oxygen atoms in total. The molecule has 2 atom stereocenters. The third kappa shape index (κ3) is 6.91. The number of alkyl halides is 3. The highest BCUT2D eigenvalue weighted by atomic mass is 32.2. The molecule has 0 saturated carbocycles. The number of nitrogens with one attached hydrogen (secondary N) is 1. The predicted octanol–water partition coefficient (Wildman–Crippen LogP) is 5.02. The van der Waals surface area contributed by atoms with Crippen LogP contribution in [0.5, 0.6) is 5.88 Å². The topological polar surface area (TPSA) is 90.4 Å². The molecular formula is C23H24F3N3O4S. The number of aromatic nitrogens is 2. The van der Waals surface area contributed by atoms with E-state index in [1.807, 2.05) is 30.3 Å². The number of halogens is 3. The zero-order valence-corrected chi connectivity index (χ0v) is 19.5. The zero-order valence-electron chi connectivity index (χ0n) is 18.7. The molecule has 0 amide bonds. The molecule has 0 unspecified atom stereocenters. The summed E-state index contributed by atoms with van der Waals surface area (Å²) in [6.07, 6.45) is -4.29. The fourth-order valence-electron chi connectivity index (χ4n) is 2.83. The molecule has 3 aromatic rings. The van der Waals surface area contributed by atoms with Crippen LogP contribution < -0.4 is 10.1 Å². The van der Waals surface area contributed by atoms with Crippen LogP contribution in [-0.2, 0) is 27.4 Å². The quantitative estimate of drug-likeness (QED) is 0.446. The van der Waals surface area contributed by atoms with E-state index in [9.17, 15) is 21.6 Å². The molecule has 0 aliphatic rings. The molecule has 0 fully saturated rings. The van der Waals surface area contributed by atoms with Crippen LogP contribution >= 0.6 is 0 Å². The number of rotatable bonds is 9. The average molecular weight is 496 g/mol. The zero-order chi connectivity index (χ0) is 24.9. The van der Waals surface area contributed by atoms with Crippen molar-refractivity contribution in [2.45, 2.75) is 43.7 Å². The second-order valence-electron chi connectivity index (χ2n) is 7.66. The lowest BCUT2D eigenvalue weighted by Gasteiger charge is -2.23. The van der Waals surface area contributed by atoms with Crippen molar-refractivity contribution in [3.63, 3.8) is 0 Å². The van der Waals surface area contributed by atoms with E-state index in [2.05, 4.69) is 15.3 Å². The average Bonchev–Trinajstić information content (AvgIpc) is 2.77. The largest absolute Gasteiger partial charge is 0.471 e. The first kappa shape index (κ1) is 25.4. The molecule has 11 heteroatoms. The van der Waals surface area contributed by atoms with E-state index in [0.29, 0.717) is 11.9 Å². The Labute approximate surface area is 195 Å². The molecule has 0 aliphatic heterocycles. The summed E-state index contributed by atoms with van der Waals surface area (Å²) >= 11 is 0. The van der Waals surface area contributed by atoms with Gasteiger partial charge in [-0.3, -0.25) is 0 Å². The van der Waals surface area contributed by atoms with Crippen LogP contribution in [0.1, 0.15) is 25.0 Å². The van der Waals surface area contributed by atoms with Gasteiger partial charge in [0.2, 0.25) is 11.8 Å². The number of sulfone groups is 1. The van der Waals surface area contributed by atoms with E-state index in [-0.39, 0.29) is 17.5 Å². The normalized spacial score (nSPS) is 13.8. The summed E-state index contributed by atoms with van der Waals surface area (Å²) in [4.78, 5) is 7.74. The molecule has 3 rings (SSSR count). The van der Waals surface area contributed by atoms with Crippen molar-refractivity contribution < 1.29 is 31.1 Å². The van der Waals surface area contributed by atoms with E-state index in [1.54, 1.807) is 13.8 Å².